The Morgan fingerprint density at radius 2 is 1.58 bits per heavy atom. The van der Waals surface area contributed by atoms with Crippen molar-refractivity contribution in [2.75, 3.05) is 10.2 Å². The Labute approximate surface area is 180 Å². The summed E-state index contributed by atoms with van der Waals surface area (Å²) in [6.45, 7) is 3.75. The summed E-state index contributed by atoms with van der Waals surface area (Å²) in [6.07, 6.45) is 0. The van der Waals surface area contributed by atoms with E-state index in [-0.39, 0.29) is 11.5 Å². The molecule has 1 aliphatic rings. The zero-order valence-corrected chi connectivity index (χ0v) is 17.2. The summed E-state index contributed by atoms with van der Waals surface area (Å²) < 4.78 is 0. The van der Waals surface area contributed by atoms with Gasteiger partial charge in [-0.25, -0.2) is 0 Å². The number of aromatic hydroxyl groups is 2. The number of hydrogen-bond donors (Lipinski definition) is 3. The highest BCUT2D eigenvalue weighted by molar-refractivity contribution is 6.51. The van der Waals surface area contributed by atoms with Crippen LogP contribution in [0.3, 0.4) is 0 Å². The van der Waals surface area contributed by atoms with Gasteiger partial charge in [0, 0.05) is 17.1 Å². The molecule has 6 nitrogen and oxygen atoms in total. The molecule has 1 amide bonds. The van der Waals surface area contributed by atoms with Crippen LogP contribution in [0.2, 0.25) is 0 Å². The van der Waals surface area contributed by atoms with Crippen molar-refractivity contribution in [2.24, 2.45) is 0 Å². The number of hydrogen-bond acceptors (Lipinski definition) is 5. The molecule has 3 N–H and O–H groups in total. The Kier molecular flexibility index (Phi) is 5.21. The van der Waals surface area contributed by atoms with E-state index in [1.807, 2.05) is 31.2 Å². The van der Waals surface area contributed by atoms with E-state index < -0.39 is 17.7 Å². The van der Waals surface area contributed by atoms with Crippen molar-refractivity contribution in [2.45, 2.75) is 19.9 Å². The Hall–Kier alpha value is -4.06. The minimum absolute atomic E-state index is 0.0402. The van der Waals surface area contributed by atoms with E-state index in [0.717, 1.165) is 11.3 Å². The van der Waals surface area contributed by atoms with Gasteiger partial charge in [-0.3, -0.25) is 14.5 Å². The van der Waals surface area contributed by atoms with Gasteiger partial charge in [-0.15, -0.1) is 0 Å². The lowest BCUT2D eigenvalue weighted by Gasteiger charge is -2.26. The maximum absolute atomic E-state index is 13.1. The van der Waals surface area contributed by atoms with Gasteiger partial charge in [-0.1, -0.05) is 29.8 Å². The van der Waals surface area contributed by atoms with Crippen molar-refractivity contribution >= 4 is 23.1 Å². The number of carbonyl (C=O) groups is 2. The first kappa shape index (κ1) is 20.2. The third-order valence-corrected chi connectivity index (χ3v) is 5.29. The van der Waals surface area contributed by atoms with Crippen LogP contribution in [0.4, 0.5) is 11.4 Å². The van der Waals surface area contributed by atoms with E-state index >= 15 is 0 Å². The molecular weight excluding hydrogens is 392 g/mol. The van der Waals surface area contributed by atoms with E-state index in [1.165, 1.54) is 23.1 Å². The molecule has 1 fully saturated rings. The largest absolute Gasteiger partial charge is 0.508 e. The number of ketones is 1. The average molecular weight is 414 g/mol. The van der Waals surface area contributed by atoms with Crippen LogP contribution in [0.25, 0.3) is 0 Å². The Morgan fingerprint density at radius 1 is 0.903 bits per heavy atom. The zero-order valence-electron chi connectivity index (χ0n) is 17.2. The van der Waals surface area contributed by atoms with Crippen LogP contribution in [0.1, 0.15) is 24.1 Å². The SMILES string of the molecule is CC(Nc1ccc(C)cc1)=C1C(=O)C(=O)N(c2ccc(O)cc2)C1c1cccc(O)c1. The predicted molar refractivity (Wildman–Crippen MR) is 119 cm³/mol. The fourth-order valence-corrected chi connectivity index (χ4v) is 3.78. The molecule has 0 radical (unpaired) electrons. The first-order valence-electron chi connectivity index (χ1n) is 9.85. The predicted octanol–water partition coefficient (Wildman–Crippen LogP) is 4.45. The molecule has 1 atom stereocenters. The van der Waals surface area contributed by atoms with Gasteiger partial charge >= 0.3 is 0 Å². The van der Waals surface area contributed by atoms with Crippen molar-refractivity contribution in [1.29, 1.82) is 0 Å². The van der Waals surface area contributed by atoms with Crippen molar-refractivity contribution in [3.8, 4) is 11.5 Å². The number of phenols is 2. The number of benzene rings is 3. The van der Waals surface area contributed by atoms with Crippen LogP contribution in [0, 0.1) is 6.92 Å². The molecule has 3 aromatic carbocycles. The summed E-state index contributed by atoms with van der Waals surface area (Å²) in [4.78, 5) is 27.6. The summed E-state index contributed by atoms with van der Waals surface area (Å²) in [5, 5.41) is 22.9. The summed E-state index contributed by atoms with van der Waals surface area (Å²) in [5.41, 5.74) is 3.85. The Balaban J connectivity index is 1.85. The lowest BCUT2D eigenvalue weighted by Crippen LogP contribution is -2.29. The zero-order chi connectivity index (χ0) is 22.1. The quantitative estimate of drug-likeness (QED) is 0.434. The number of amides is 1. The fraction of sp³-hybridized carbons (Fsp3) is 0.120. The Bertz CT molecular complexity index is 1180. The second-order valence-electron chi connectivity index (χ2n) is 7.55. The van der Waals surface area contributed by atoms with E-state index in [9.17, 15) is 19.8 Å². The number of nitrogens with zero attached hydrogens (tertiary/aromatic N) is 1. The number of allylic oxidation sites excluding steroid dienone is 1. The number of anilines is 2. The minimum atomic E-state index is -0.727. The average Bonchev–Trinajstić information content (AvgIpc) is 3.01. The molecule has 1 unspecified atom stereocenters. The molecule has 1 aliphatic heterocycles. The smallest absolute Gasteiger partial charge is 0.300 e. The number of nitrogens with one attached hydrogen (secondary N) is 1. The molecule has 4 rings (SSSR count). The van der Waals surface area contributed by atoms with Crippen molar-refractivity contribution in [3.63, 3.8) is 0 Å². The first-order chi connectivity index (χ1) is 14.8. The van der Waals surface area contributed by atoms with Crippen molar-refractivity contribution in [1.82, 2.24) is 0 Å². The second-order valence-corrected chi connectivity index (χ2v) is 7.55. The van der Waals surface area contributed by atoms with Gasteiger partial charge < -0.3 is 15.5 Å². The minimum Gasteiger partial charge on any atom is -0.508 e. The number of phenolic OH excluding ortho intramolecular Hbond substituents is 2. The molecule has 31 heavy (non-hydrogen) atoms. The normalized spacial score (nSPS) is 17.7. The summed E-state index contributed by atoms with van der Waals surface area (Å²) in [5.74, 6) is -1.18. The lowest BCUT2D eigenvalue weighted by atomic mass is 9.96. The molecule has 0 bridgehead atoms. The van der Waals surface area contributed by atoms with Crippen molar-refractivity contribution in [3.05, 3.63) is 95.2 Å². The molecular formula is C25H22N2O4. The van der Waals surface area contributed by atoms with Gasteiger partial charge in [0.25, 0.3) is 11.7 Å². The van der Waals surface area contributed by atoms with Crippen LogP contribution < -0.4 is 10.2 Å². The van der Waals surface area contributed by atoms with Gasteiger partial charge in [0.2, 0.25) is 0 Å². The van der Waals surface area contributed by atoms with Gasteiger partial charge in [0.15, 0.2) is 0 Å². The molecule has 0 aromatic heterocycles. The molecule has 0 saturated carbocycles. The van der Waals surface area contributed by atoms with Gasteiger partial charge in [-0.2, -0.15) is 0 Å². The second kappa shape index (κ2) is 7.99. The first-order valence-corrected chi connectivity index (χ1v) is 9.85. The van der Waals surface area contributed by atoms with E-state index in [1.54, 1.807) is 37.3 Å². The van der Waals surface area contributed by atoms with E-state index in [0.29, 0.717) is 22.5 Å². The fourth-order valence-electron chi connectivity index (χ4n) is 3.78. The molecule has 1 heterocycles. The maximum Gasteiger partial charge on any atom is 0.300 e. The molecule has 0 aliphatic carbocycles. The van der Waals surface area contributed by atoms with Gasteiger partial charge in [0.1, 0.15) is 11.5 Å². The third kappa shape index (κ3) is 3.88. The molecule has 6 heteroatoms. The van der Waals surface area contributed by atoms with Crippen molar-refractivity contribution < 1.29 is 19.8 Å². The van der Waals surface area contributed by atoms with Crippen LogP contribution in [0.5, 0.6) is 11.5 Å². The molecule has 1 saturated heterocycles. The highest BCUT2D eigenvalue weighted by Crippen LogP contribution is 2.41. The molecule has 156 valence electrons. The number of rotatable bonds is 4. The highest BCUT2D eigenvalue weighted by atomic mass is 16.3. The number of carbonyl (C=O) groups excluding carboxylic acids is 2. The third-order valence-electron chi connectivity index (χ3n) is 5.29. The lowest BCUT2D eigenvalue weighted by molar-refractivity contribution is -0.132. The van der Waals surface area contributed by atoms with Crippen LogP contribution in [-0.2, 0) is 9.59 Å². The summed E-state index contributed by atoms with van der Waals surface area (Å²) in [7, 11) is 0. The maximum atomic E-state index is 13.1. The molecule has 0 spiro atoms. The van der Waals surface area contributed by atoms with Gasteiger partial charge in [0.05, 0.1) is 11.6 Å². The number of aryl methyl sites for hydroxylation is 1. The summed E-state index contributed by atoms with van der Waals surface area (Å²) >= 11 is 0. The molecule has 3 aromatic rings. The van der Waals surface area contributed by atoms with Crippen LogP contribution in [0.15, 0.2) is 84.1 Å². The highest BCUT2D eigenvalue weighted by Gasteiger charge is 2.46. The number of Topliss-reactive ketones (excluding diaryl/α,β-unsaturated/α-hetero) is 1. The monoisotopic (exact) mass is 414 g/mol. The van der Waals surface area contributed by atoms with E-state index in [4.69, 9.17) is 0 Å². The van der Waals surface area contributed by atoms with Crippen LogP contribution >= 0.6 is 0 Å². The van der Waals surface area contributed by atoms with Crippen LogP contribution in [-0.4, -0.2) is 21.9 Å². The van der Waals surface area contributed by atoms with E-state index in [2.05, 4.69) is 5.32 Å². The summed E-state index contributed by atoms with van der Waals surface area (Å²) in [6, 6.07) is 19.6. The standard InChI is InChI=1S/C25H22N2O4/c1-15-6-8-18(9-7-15)26-16(2)22-23(17-4-3-5-21(29)14-17)27(25(31)24(22)30)19-10-12-20(28)13-11-19/h3-14,23,26,28-29H,1-2H3. The van der Waals surface area contributed by atoms with Gasteiger partial charge in [-0.05, 0) is 67.9 Å². The topological polar surface area (TPSA) is 89.9 Å². The Morgan fingerprint density at radius 3 is 2.23 bits per heavy atom.